The Morgan fingerprint density at radius 3 is 2.95 bits per heavy atom. The number of nitrogens with one attached hydrogen (secondary N) is 1. The van der Waals surface area contributed by atoms with Gasteiger partial charge in [-0.1, -0.05) is 12.8 Å². The van der Waals surface area contributed by atoms with Crippen molar-refractivity contribution in [1.82, 2.24) is 9.55 Å². The number of halogens is 1. The van der Waals surface area contributed by atoms with E-state index in [0.717, 1.165) is 22.7 Å². The second-order valence-electron chi connectivity index (χ2n) is 5.19. The minimum atomic E-state index is 0.607. The Balaban J connectivity index is 1.76. The van der Waals surface area contributed by atoms with Crippen LogP contribution in [0.15, 0.2) is 22.1 Å². The van der Waals surface area contributed by atoms with E-state index < -0.39 is 0 Å². The summed E-state index contributed by atoms with van der Waals surface area (Å²) in [6.45, 7) is 2.95. The fourth-order valence-corrected chi connectivity index (χ4v) is 4.09. The highest BCUT2D eigenvalue weighted by molar-refractivity contribution is 9.10. The maximum atomic E-state index is 4.62. The summed E-state index contributed by atoms with van der Waals surface area (Å²) in [6.07, 6.45) is 7.36. The first-order chi connectivity index (χ1) is 9.20. The lowest BCUT2D eigenvalue weighted by Gasteiger charge is -2.14. The van der Waals surface area contributed by atoms with Crippen LogP contribution in [0.5, 0.6) is 0 Å². The molecule has 0 saturated heterocycles. The molecule has 0 aliphatic heterocycles. The number of thiophene rings is 1. The van der Waals surface area contributed by atoms with Crippen LogP contribution >= 0.6 is 27.3 Å². The lowest BCUT2D eigenvalue weighted by atomic mass is 10.2. The van der Waals surface area contributed by atoms with Gasteiger partial charge < -0.3 is 9.88 Å². The number of hydrogen-bond donors (Lipinski definition) is 1. The summed E-state index contributed by atoms with van der Waals surface area (Å²) in [4.78, 5) is 5.97. The summed E-state index contributed by atoms with van der Waals surface area (Å²) in [5.41, 5.74) is 1.08. The molecule has 2 aromatic heterocycles. The molecule has 1 aliphatic rings. The largest absolute Gasteiger partial charge is 0.353 e. The highest BCUT2D eigenvalue weighted by Gasteiger charge is 2.17. The van der Waals surface area contributed by atoms with Gasteiger partial charge in [-0.05, 0) is 41.8 Å². The van der Waals surface area contributed by atoms with Crippen LogP contribution in [0.1, 0.15) is 36.3 Å². The fraction of sp³-hybridized carbons (Fsp3) is 0.500. The maximum absolute atomic E-state index is 4.62. The average molecular weight is 340 g/mol. The van der Waals surface area contributed by atoms with Crippen molar-refractivity contribution in [1.29, 1.82) is 0 Å². The van der Waals surface area contributed by atoms with E-state index in [4.69, 9.17) is 0 Å². The molecule has 1 fully saturated rings. The van der Waals surface area contributed by atoms with Crippen LogP contribution in [0, 0.1) is 6.92 Å². The summed E-state index contributed by atoms with van der Waals surface area (Å²) in [6, 6.07) is 2.79. The second kappa shape index (κ2) is 5.67. The van der Waals surface area contributed by atoms with Gasteiger partial charge in [0.15, 0.2) is 0 Å². The van der Waals surface area contributed by atoms with Gasteiger partial charge in [0.25, 0.3) is 0 Å². The first-order valence-corrected chi connectivity index (χ1v) is 8.41. The summed E-state index contributed by atoms with van der Waals surface area (Å²) < 4.78 is 3.39. The topological polar surface area (TPSA) is 29.9 Å². The highest BCUT2D eigenvalue weighted by atomic mass is 79.9. The van der Waals surface area contributed by atoms with Crippen LogP contribution in [0.4, 0.5) is 5.95 Å². The maximum Gasteiger partial charge on any atom is 0.203 e. The Bertz CT molecular complexity index is 555. The van der Waals surface area contributed by atoms with Gasteiger partial charge in [-0.25, -0.2) is 4.98 Å². The van der Waals surface area contributed by atoms with Gasteiger partial charge in [0.1, 0.15) is 0 Å². The number of aromatic nitrogens is 2. The second-order valence-corrected chi connectivity index (χ2v) is 7.10. The average Bonchev–Trinajstić information content (AvgIpc) is 3.05. The van der Waals surface area contributed by atoms with Crippen LogP contribution in [0.25, 0.3) is 0 Å². The predicted molar refractivity (Wildman–Crippen MR) is 84.0 cm³/mol. The lowest BCUT2D eigenvalue weighted by molar-refractivity contribution is 0.719. The third-order valence-electron chi connectivity index (χ3n) is 3.53. The minimum Gasteiger partial charge on any atom is -0.353 e. The zero-order chi connectivity index (χ0) is 13.2. The van der Waals surface area contributed by atoms with E-state index in [1.807, 2.05) is 0 Å². The summed E-state index contributed by atoms with van der Waals surface area (Å²) in [7, 11) is 0. The molecule has 1 N–H and O–H groups in total. The fourth-order valence-electron chi connectivity index (χ4n) is 2.64. The quantitative estimate of drug-likeness (QED) is 0.893. The molecular formula is C14H18BrN3S. The molecule has 0 aromatic carbocycles. The van der Waals surface area contributed by atoms with Crippen LogP contribution in [-0.4, -0.2) is 15.6 Å². The highest BCUT2D eigenvalue weighted by Crippen LogP contribution is 2.24. The molecule has 1 saturated carbocycles. The molecule has 2 aromatic rings. The van der Waals surface area contributed by atoms with E-state index in [-0.39, 0.29) is 0 Å². The minimum absolute atomic E-state index is 0.607. The lowest BCUT2D eigenvalue weighted by Crippen LogP contribution is -2.18. The Morgan fingerprint density at radius 1 is 1.47 bits per heavy atom. The summed E-state index contributed by atoms with van der Waals surface area (Å²) in [5, 5.41) is 5.73. The third kappa shape index (κ3) is 3.20. The van der Waals surface area contributed by atoms with Gasteiger partial charge in [0.2, 0.25) is 5.95 Å². The van der Waals surface area contributed by atoms with Crippen molar-refractivity contribution < 1.29 is 0 Å². The van der Waals surface area contributed by atoms with Crippen molar-refractivity contribution >= 4 is 33.2 Å². The molecule has 102 valence electrons. The van der Waals surface area contributed by atoms with Gasteiger partial charge in [-0.3, -0.25) is 0 Å². The van der Waals surface area contributed by atoms with Crippen molar-refractivity contribution in [2.75, 3.05) is 5.32 Å². The summed E-state index contributed by atoms with van der Waals surface area (Å²) in [5.74, 6) is 1.02. The number of rotatable bonds is 4. The molecule has 3 rings (SSSR count). The zero-order valence-corrected chi connectivity index (χ0v) is 13.4. The first-order valence-electron chi connectivity index (χ1n) is 6.74. The first kappa shape index (κ1) is 13.2. The molecule has 0 bridgehead atoms. The Labute approximate surface area is 126 Å². The van der Waals surface area contributed by atoms with Gasteiger partial charge in [-0.15, -0.1) is 11.3 Å². The number of imidazole rings is 1. The molecule has 0 atom stereocenters. The van der Waals surface area contributed by atoms with Crippen molar-refractivity contribution in [2.24, 2.45) is 0 Å². The van der Waals surface area contributed by atoms with Gasteiger partial charge >= 0.3 is 0 Å². The van der Waals surface area contributed by atoms with Crippen molar-refractivity contribution in [2.45, 2.75) is 45.2 Å². The molecule has 5 heteroatoms. The van der Waals surface area contributed by atoms with Gasteiger partial charge in [0, 0.05) is 27.0 Å². The van der Waals surface area contributed by atoms with Crippen LogP contribution < -0.4 is 5.32 Å². The standard InChI is InChI=1S/C14H18BrN3S/c1-10-7-18(8-13-6-11(15)9-19-13)14(16-10)17-12-4-2-3-5-12/h6-7,9,12H,2-5,8H2,1H3,(H,16,17). The molecule has 0 radical (unpaired) electrons. The number of nitrogens with zero attached hydrogens (tertiary/aromatic N) is 2. The van der Waals surface area contributed by atoms with Gasteiger partial charge in [-0.2, -0.15) is 0 Å². The number of hydrogen-bond acceptors (Lipinski definition) is 3. The summed E-state index contributed by atoms with van der Waals surface area (Å²) >= 11 is 5.29. The SMILES string of the molecule is Cc1cn(Cc2cc(Br)cs2)c(NC2CCCC2)n1. The Morgan fingerprint density at radius 2 is 2.26 bits per heavy atom. The van der Waals surface area contributed by atoms with Gasteiger partial charge in [0.05, 0.1) is 12.2 Å². The molecule has 19 heavy (non-hydrogen) atoms. The number of aryl methyl sites for hydroxylation is 1. The normalized spacial score (nSPS) is 16.1. The van der Waals surface area contributed by atoms with E-state index >= 15 is 0 Å². The van der Waals surface area contributed by atoms with Crippen molar-refractivity contribution in [3.8, 4) is 0 Å². The molecule has 0 amide bonds. The van der Waals surface area contributed by atoms with E-state index in [2.05, 4.69) is 55.4 Å². The number of anilines is 1. The van der Waals surface area contributed by atoms with E-state index in [9.17, 15) is 0 Å². The van der Waals surface area contributed by atoms with Crippen molar-refractivity contribution in [3.05, 3.63) is 32.7 Å². The van der Waals surface area contributed by atoms with E-state index in [1.165, 1.54) is 30.6 Å². The van der Waals surface area contributed by atoms with Crippen molar-refractivity contribution in [3.63, 3.8) is 0 Å². The molecule has 1 aliphatic carbocycles. The molecule has 2 heterocycles. The molecular weight excluding hydrogens is 322 g/mol. The molecule has 0 spiro atoms. The van der Waals surface area contributed by atoms with E-state index in [0.29, 0.717) is 6.04 Å². The van der Waals surface area contributed by atoms with Crippen LogP contribution in [0.3, 0.4) is 0 Å². The molecule has 3 nitrogen and oxygen atoms in total. The molecule has 0 unspecified atom stereocenters. The zero-order valence-electron chi connectivity index (χ0n) is 11.0. The Kier molecular flexibility index (Phi) is 3.93. The van der Waals surface area contributed by atoms with Crippen LogP contribution in [-0.2, 0) is 6.54 Å². The third-order valence-corrected chi connectivity index (χ3v) is 5.22. The monoisotopic (exact) mass is 339 g/mol. The van der Waals surface area contributed by atoms with Crippen LogP contribution in [0.2, 0.25) is 0 Å². The smallest absolute Gasteiger partial charge is 0.203 e. The Hall–Kier alpha value is -0.810. The predicted octanol–water partition coefficient (Wildman–Crippen LogP) is 4.42. The van der Waals surface area contributed by atoms with E-state index in [1.54, 1.807) is 11.3 Å².